The van der Waals surface area contributed by atoms with Gasteiger partial charge in [0.15, 0.2) is 0 Å². The standard InChI is InChI=1S/C12H15F3N2O2/c1-7-8(12(13,14)15)5-6-9(16-7)17-10(18)19-11(2,3)4/h5-6H,1-4H3,(H,16,17,18). The maximum absolute atomic E-state index is 12.5. The van der Waals surface area contributed by atoms with Crippen LogP contribution in [0.15, 0.2) is 12.1 Å². The molecule has 0 unspecified atom stereocenters. The Labute approximate surface area is 109 Å². The van der Waals surface area contributed by atoms with E-state index < -0.39 is 23.4 Å². The van der Waals surface area contributed by atoms with Gasteiger partial charge in [-0.25, -0.2) is 9.78 Å². The summed E-state index contributed by atoms with van der Waals surface area (Å²) in [6, 6.07) is 1.95. The smallest absolute Gasteiger partial charge is 0.418 e. The van der Waals surface area contributed by atoms with Gasteiger partial charge in [-0.1, -0.05) is 0 Å². The lowest BCUT2D eigenvalue weighted by Gasteiger charge is -2.19. The van der Waals surface area contributed by atoms with Crippen molar-refractivity contribution in [2.24, 2.45) is 0 Å². The van der Waals surface area contributed by atoms with E-state index in [4.69, 9.17) is 4.74 Å². The first-order valence-corrected chi connectivity index (χ1v) is 5.54. The summed E-state index contributed by atoms with van der Waals surface area (Å²) >= 11 is 0. The Kier molecular flexibility index (Phi) is 4.07. The quantitative estimate of drug-likeness (QED) is 0.849. The van der Waals surface area contributed by atoms with E-state index >= 15 is 0 Å². The van der Waals surface area contributed by atoms with E-state index in [1.165, 1.54) is 6.92 Å². The largest absolute Gasteiger partial charge is 0.444 e. The van der Waals surface area contributed by atoms with Crippen molar-refractivity contribution in [3.8, 4) is 0 Å². The third-order valence-electron chi connectivity index (χ3n) is 2.02. The summed E-state index contributed by atoms with van der Waals surface area (Å²) < 4.78 is 42.5. The van der Waals surface area contributed by atoms with Crippen LogP contribution in [0.3, 0.4) is 0 Å². The molecule has 7 heteroatoms. The van der Waals surface area contributed by atoms with Gasteiger partial charge in [0, 0.05) is 0 Å². The van der Waals surface area contributed by atoms with Crippen LogP contribution in [-0.2, 0) is 10.9 Å². The summed E-state index contributed by atoms with van der Waals surface area (Å²) in [5, 5.41) is 2.28. The van der Waals surface area contributed by atoms with Crippen molar-refractivity contribution in [2.45, 2.75) is 39.5 Å². The molecule has 0 radical (unpaired) electrons. The molecule has 1 N–H and O–H groups in total. The van der Waals surface area contributed by atoms with Crippen molar-refractivity contribution in [2.75, 3.05) is 5.32 Å². The molecule has 0 aromatic carbocycles. The number of hydrogen-bond acceptors (Lipinski definition) is 3. The number of anilines is 1. The Morgan fingerprint density at radius 1 is 1.26 bits per heavy atom. The van der Waals surface area contributed by atoms with E-state index in [1.807, 2.05) is 0 Å². The molecule has 0 fully saturated rings. The zero-order valence-electron chi connectivity index (χ0n) is 11.1. The molecule has 0 aliphatic heterocycles. The molecule has 19 heavy (non-hydrogen) atoms. The van der Waals surface area contributed by atoms with Gasteiger partial charge in [-0.2, -0.15) is 13.2 Å². The maximum Gasteiger partial charge on any atom is 0.418 e. The second-order valence-corrected chi connectivity index (χ2v) is 4.95. The Hall–Kier alpha value is -1.79. The second kappa shape index (κ2) is 5.07. The van der Waals surface area contributed by atoms with Gasteiger partial charge in [-0.15, -0.1) is 0 Å². The summed E-state index contributed by atoms with van der Waals surface area (Å²) in [5.74, 6) is 0.0137. The van der Waals surface area contributed by atoms with Crippen molar-refractivity contribution in [3.63, 3.8) is 0 Å². The minimum absolute atomic E-state index is 0.0137. The van der Waals surface area contributed by atoms with Crippen molar-refractivity contribution >= 4 is 11.9 Å². The number of carbonyl (C=O) groups is 1. The third kappa shape index (κ3) is 4.76. The summed E-state index contributed by atoms with van der Waals surface area (Å²) in [5.41, 5.74) is -1.73. The number of ether oxygens (including phenoxy) is 1. The molecule has 1 aromatic heterocycles. The number of rotatable bonds is 1. The molecule has 0 saturated heterocycles. The molecule has 0 bridgehead atoms. The molecule has 1 amide bonds. The van der Waals surface area contributed by atoms with Crippen LogP contribution in [0.1, 0.15) is 32.0 Å². The van der Waals surface area contributed by atoms with Crippen molar-refractivity contribution in [1.82, 2.24) is 4.98 Å². The second-order valence-electron chi connectivity index (χ2n) is 4.95. The summed E-state index contributed by atoms with van der Waals surface area (Å²) in [6.07, 6.45) is -5.22. The lowest BCUT2D eigenvalue weighted by Crippen LogP contribution is -2.27. The predicted molar refractivity (Wildman–Crippen MR) is 63.8 cm³/mol. The third-order valence-corrected chi connectivity index (χ3v) is 2.02. The molecule has 1 heterocycles. The zero-order valence-corrected chi connectivity index (χ0v) is 11.1. The fourth-order valence-electron chi connectivity index (χ4n) is 1.34. The number of alkyl halides is 3. The first kappa shape index (κ1) is 15.3. The topological polar surface area (TPSA) is 51.2 Å². The molecule has 1 aromatic rings. The van der Waals surface area contributed by atoms with Crippen LogP contribution in [0.25, 0.3) is 0 Å². The predicted octanol–water partition coefficient (Wildman–Crippen LogP) is 3.76. The Balaban J connectivity index is 2.83. The van der Waals surface area contributed by atoms with Gasteiger partial charge in [0.05, 0.1) is 11.3 Å². The first-order valence-electron chi connectivity index (χ1n) is 5.54. The minimum atomic E-state index is -4.46. The molecule has 0 saturated carbocycles. The zero-order chi connectivity index (χ0) is 14.8. The number of nitrogens with one attached hydrogen (secondary N) is 1. The molecular weight excluding hydrogens is 261 g/mol. The average molecular weight is 276 g/mol. The number of carbonyl (C=O) groups excluding carboxylic acids is 1. The number of hydrogen-bond donors (Lipinski definition) is 1. The number of amides is 1. The summed E-state index contributed by atoms with van der Waals surface area (Å²) in [6.45, 7) is 6.26. The van der Waals surface area contributed by atoms with Crippen molar-refractivity contribution < 1.29 is 22.7 Å². The number of halogens is 3. The monoisotopic (exact) mass is 276 g/mol. The molecule has 0 aliphatic rings. The van der Waals surface area contributed by atoms with Gasteiger partial charge in [-0.05, 0) is 39.8 Å². The van der Waals surface area contributed by atoms with Gasteiger partial charge >= 0.3 is 12.3 Å². The van der Waals surface area contributed by atoms with Crippen LogP contribution in [-0.4, -0.2) is 16.7 Å². The van der Waals surface area contributed by atoms with Gasteiger partial charge in [0.2, 0.25) is 0 Å². The van der Waals surface area contributed by atoms with Crippen molar-refractivity contribution in [1.29, 1.82) is 0 Å². The average Bonchev–Trinajstić information content (AvgIpc) is 2.11. The van der Waals surface area contributed by atoms with Gasteiger partial charge in [0.1, 0.15) is 11.4 Å². The highest BCUT2D eigenvalue weighted by atomic mass is 19.4. The van der Waals surface area contributed by atoms with E-state index in [2.05, 4.69) is 10.3 Å². The Morgan fingerprint density at radius 3 is 2.26 bits per heavy atom. The van der Waals surface area contributed by atoms with Crippen LogP contribution < -0.4 is 5.32 Å². The molecule has 106 valence electrons. The molecule has 1 rings (SSSR count). The maximum atomic E-state index is 12.5. The number of aromatic nitrogens is 1. The first-order chi connectivity index (χ1) is 8.49. The summed E-state index contributed by atoms with van der Waals surface area (Å²) in [7, 11) is 0. The van der Waals surface area contributed by atoms with Gasteiger partial charge < -0.3 is 4.74 Å². The SMILES string of the molecule is Cc1nc(NC(=O)OC(C)(C)C)ccc1C(F)(F)F. The van der Waals surface area contributed by atoms with E-state index in [0.29, 0.717) is 0 Å². The van der Waals surface area contributed by atoms with E-state index in [-0.39, 0.29) is 11.5 Å². The highest BCUT2D eigenvalue weighted by Gasteiger charge is 2.33. The number of nitrogens with zero attached hydrogens (tertiary/aromatic N) is 1. The van der Waals surface area contributed by atoms with Crippen LogP contribution in [0.5, 0.6) is 0 Å². The fraction of sp³-hybridized carbons (Fsp3) is 0.500. The lowest BCUT2D eigenvalue weighted by atomic mass is 10.2. The molecule has 4 nitrogen and oxygen atoms in total. The van der Waals surface area contributed by atoms with Gasteiger partial charge in [-0.3, -0.25) is 5.32 Å². The normalized spacial score (nSPS) is 12.2. The van der Waals surface area contributed by atoms with Crippen LogP contribution in [0.2, 0.25) is 0 Å². The van der Waals surface area contributed by atoms with E-state index in [1.54, 1.807) is 20.8 Å². The van der Waals surface area contributed by atoms with Gasteiger partial charge in [0.25, 0.3) is 0 Å². The summed E-state index contributed by atoms with van der Waals surface area (Å²) in [4.78, 5) is 15.1. The van der Waals surface area contributed by atoms with E-state index in [9.17, 15) is 18.0 Å². The fourth-order valence-corrected chi connectivity index (χ4v) is 1.34. The minimum Gasteiger partial charge on any atom is -0.444 e. The van der Waals surface area contributed by atoms with E-state index in [0.717, 1.165) is 12.1 Å². The molecule has 0 spiro atoms. The number of pyridine rings is 1. The van der Waals surface area contributed by atoms with Crippen LogP contribution >= 0.6 is 0 Å². The van der Waals surface area contributed by atoms with Crippen LogP contribution in [0, 0.1) is 6.92 Å². The Bertz CT molecular complexity index is 479. The molecule has 0 atom stereocenters. The van der Waals surface area contributed by atoms with Crippen molar-refractivity contribution in [3.05, 3.63) is 23.4 Å². The lowest BCUT2D eigenvalue weighted by molar-refractivity contribution is -0.138. The highest BCUT2D eigenvalue weighted by Crippen LogP contribution is 2.31. The van der Waals surface area contributed by atoms with Crippen LogP contribution in [0.4, 0.5) is 23.8 Å². The highest BCUT2D eigenvalue weighted by molar-refractivity contribution is 5.83. The Morgan fingerprint density at radius 2 is 1.84 bits per heavy atom. The molecule has 0 aliphatic carbocycles. The number of aryl methyl sites for hydroxylation is 1. The molecular formula is C12H15F3N2O2.